The molecule has 1 rings (SSSR count). The highest BCUT2D eigenvalue weighted by Gasteiger charge is 2.07. The minimum Gasteiger partial charge on any atom is -0.486 e. The maximum Gasteiger partial charge on any atom is 0.142 e. The first-order valence-corrected chi connectivity index (χ1v) is 5.43. The molecule has 0 saturated carbocycles. The summed E-state index contributed by atoms with van der Waals surface area (Å²) in [6, 6.07) is 5.39. The molecule has 0 amide bonds. The number of para-hydroxylation sites is 1. The van der Waals surface area contributed by atoms with E-state index in [1.807, 2.05) is 12.1 Å². The normalized spacial score (nSPS) is 11.6. The fourth-order valence-corrected chi connectivity index (χ4v) is 1.41. The fraction of sp³-hybridized carbons (Fsp3) is 0.200. The van der Waals surface area contributed by atoms with Gasteiger partial charge in [0, 0.05) is 17.6 Å². The summed E-state index contributed by atoms with van der Waals surface area (Å²) in [6.45, 7) is 0.542. The molecule has 15 heavy (non-hydrogen) atoms. The molecular weight excluding hydrogens is 256 g/mol. The van der Waals surface area contributed by atoms with Gasteiger partial charge in [-0.2, -0.15) is 0 Å². The Morgan fingerprint density at radius 2 is 2.20 bits per heavy atom. The van der Waals surface area contributed by atoms with Gasteiger partial charge < -0.3 is 10.5 Å². The zero-order chi connectivity index (χ0) is 11.3. The van der Waals surface area contributed by atoms with Crippen molar-refractivity contribution in [2.45, 2.75) is 6.54 Å². The SMILES string of the molecule is NCc1cccc(Cl)c1OC/C(Cl)=C/Cl. The Hall–Kier alpha value is -0.410. The largest absolute Gasteiger partial charge is 0.486 e. The second kappa shape index (κ2) is 6.23. The Balaban J connectivity index is 2.83. The van der Waals surface area contributed by atoms with E-state index in [0.717, 1.165) is 5.56 Å². The van der Waals surface area contributed by atoms with E-state index in [1.54, 1.807) is 6.07 Å². The van der Waals surface area contributed by atoms with Crippen LogP contribution < -0.4 is 10.5 Å². The summed E-state index contributed by atoms with van der Waals surface area (Å²) in [4.78, 5) is 0. The zero-order valence-electron chi connectivity index (χ0n) is 7.84. The average molecular weight is 267 g/mol. The molecule has 1 aromatic carbocycles. The van der Waals surface area contributed by atoms with Gasteiger partial charge in [0.25, 0.3) is 0 Å². The Bertz CT molecular complexity index is 366. The molecule has 0 radical (unpaired) electrons. The van der Waals surface area contributed by atoms with Gasteiger partial charge in [-0.25, -0.2) is 0 Å². The van der Waals surface area contributed by atoms with E-state index in [1.165, 1.54) is 5.54 Å². The van der Waals surface area contributed by atoms with Crippen LogP contribution in [0, 0.1) is 0 Å². The van der Waals surface area contributed by atoms with Gasteiger partial charge in [0.15, 0.2) is 0 Å². The number of nitrogens with two attached hydrogens (primary N) is 1. The van der Waals surface area contributed by atoms with Gasteiger partial charge in [-0.3, -0.25) is 0 Å². The second-order valence-corrected chi connectivity index (χ2v) is 3.89. The summed E-state index contributed by atoms with van der Waals surface area (Å²) in [5, 5.41) is 0.913. The van der Waals surface area contributed by atoms with Crippen LogP contribution in [0.5, 0.6) is 5.75 Å². The summed E-state index contributed by atoms with van der Waals surface area (Å²) >= 11 is 17.1. The van der Waals surface area contributed by atoms with Gasteiger partial charge in [-0.1, -0.05) is 46.9 Å². The van der Waals surface area contributed by atoms with Crippen LogP contribution in [0.15, 0.2) is 28.8 Å². The Morgan fingerprint density at radius 1 is 1.47 bits per heavy atom. The first kappa shape index (κ1) is 12.7. The summed E-state index contributed by atoms with van der Waals surface area (Å²) in [7, 11) is 0. The number of halogens is 3. The molecule has 82 valence electrons. The lowest BCUT2D eigenvalue weighted by Gasteiger charge is -2.11. The van der Waals surface area contributed by atoms with Crippen molar-refractivity contribution in [3.05, 3.63) is 39.4 Å². The van der Waals surface area contributed by atoms with Crippen molar-refractivity contribution >= 4 is 34.8 Å². The highest BCUT2D eigenvalue weighted by Crippen LogP contribution is 2.28. The summed E-state index contributed by atoms with van der Waals surface area (Å²) in [6.07, 6.45) is 0. The molecule has 0 fully saturated rings. The molecule has 0 aliphatic heterocycles. The lowest BCUT2D eigenvalue weighted by atomic mass is 10.2. The molecule has 0 bridgehead atoms. The summed E-state index contributed by atoms with van der Waals surface area (Å²) in [5.41, 5.74) is 7.63. The Kier molecular flexibility index (Phi) is 5.26. The fourth-order valence-electron chi connectivity index (χ4n) is 1.05. The Morgan fingerprint density at radius 3 is 2.80 bits per heavy atom. The van der Waals surface area contributed by atoms with E-state index in [4.69, 9.17) is 45.3 Å². The topological polar surface area (TPSA) is 35.2 Å². The molecular formula is C10H10Cl3NO. The second-order valence-electron chi connectivity index (χ2n) is 2.78. The van der Waals surface area contributed by atoms with Crippen LogP contribution in [-0.2, 0) is 6.54 Å². The van der Waals surface area contributed by atoms with Crippen LogP contribution in [0.25, 0.3) is 0 Å². The van der Waals surface area contributed by atoms with Crippen LogP contribution in [-0.4, -0.2) is 6.61 Å². The third-order valence-corrected chi connectivity index (χ3v) is 2.63. The lowest BCUT2D eigenvalue weighted by Crippen LogP contribution is -2.04. The molecule has 0 spiro atoms. The Labute approximate surface area is 104 Å². The van der Waals surface area contributed by atoms with Crippen molar-refractivity contribution in [1.29, 1.82) is 0 Å². The van der Waals surface area contributed by atoms with Gasteiger partial charge in [0.1, 0.15) is 12.4 Å². The van der Waals surface area contributed by atoms with Crippen LogP contribution in [0.1, 0.15) is 5.56 Å². The van der Waals surface area contributed by atoms with Gasteiger partial charge in [-0.05, 0) is 6.07 Å². The van der Waals surface area contributed by atoms with E-state index in [-0.39, 0.29) is 6.61 Å². The molecule has 5 heteroatoms. The van der Waals surface area contributed by atoms with Crippen molar-refractivity contribution < 1.29 is 4.74 Å². The zero-order valence-corrected chi connectivity index (χ0v) is 10.1. The number of hydrogen-bond acceptors (Lipinski definition) is 2. The van der Waals surface area contributed by atoms with Crippen molar-refractivity contribution in [3.63, 3.8) is 0 Å². The van der Waals surface area contributed by atoms with E-state index in [9.17, 15) is 0 Å². The maximum atomic E-state index is 5.96. The summed E-state index contributed by atoms with van der Waals surface area (Å²) in [5.74, 6) is 0.554. The monoisotopic (exact) mass is 265 g/mol. The molecule has 0 aliphatic rings. The molecule has 0 aliphatic carbocycles. The predicted molar refractivity (Wildman–Crippen MR) is 64.6 cm³/mol. The maximum absolute atomic E-state index is 5.96. The van der Waals surface area contributed by atoms with Crippen molar-refractivity contribution in [1.82, 2.24) is 0 Å². The molecule has 0 saturated heterocycles. The highest BCUT2D eigenvalue weighted by atomic mass is 35.5. The van der Waals surface area contributed by atoms with E-state index >= 15 is 0 Å². The van der Waals surface area contributed by atoms with Crippen molar-refractivity contribution in [2.75, 3.05) is 6.61 Å². The molecule has 0 heterocycles. The van der Waals surface area contributed by atoms with Crippen molar-refractivity contribution in [3.8, 4) is 5.75 Å². The van der Waals surface area contributed by atoms with Crippen molar-refractivity contribution in [2.24, 2.45) is 5.73 Å². The van der Waals surface area contributed by atoms with Gasteiger partial charge in [0.2, 0.25) is 0 Å². The number of rotatable bonds is 4. The molecule has 0 atom stereocenters. The smallest absolute Gasteiger partial charge is 0.142 e. The van der Waals surface area contributed by atoms with E-state index < -0.39 is 0 Å². The third-order valence-electron chi connectivity index (χ3n) is 1.74. The predicted octanol–water partition coefficient (Wildman–Crippen LogP) is 3.50. The first-order chi connectivity index (χ1) is 7.19. The highest BCUT2D eigenvalue weighted by molar-refractivity contribution is 6.36. The van der Waals surface area contributed by atoms with E-state index in [0.29, 0.717) is 22.3 Å². The lowest BCUT2D eigenvalue weighted by molar-refractivity contribution is 0.355. The number of benzene rings is 1. The summed E-state index contributed by atoms with van der Waals surface area (Å²) < 4.78 is 5.41. The molecule has 2 N–H and O–H groups in total. The van der Waals surface area contributed by atoms with E-state index in [2.05, 4.69) is 0 Å². The number of hydrogen-bond donors (Lipinski definition) is 1. The third kappa shape index (κ3) is 3.58. The molecule has 2 nitrogen and oxygen atoms in total. The van der Waals surface area contributed by atoms with Crippen LogP contribution in [0.4, 0.5) is 0 Å². The average Bonchev–Trinajstić information content (AvgIpc) is 2.26. The molecule has 1 aromatic rings. The van der Waals surface area contributed by atoms with Crippen LogP contribution in [0.2, 0.25) is 5.02 Å². The molecule has 0 aromatic heterocycles. The standard InChI is InChI=1S/C10H10Cl3NO/c11-4-8(12)6-15-10-7(5-14)2-1-3-9(10)13/h1-4H,5-6,14H2/b8-4-. The van der Waals surface area contributed by atoms with Crippen LogP contribution in [0.3, 0.4) is 0 Å². The van der Waals surface area contributed by atoms with Gasteiger partial charge >= 0.3 is 0 Å². The minimum absolute atomic E-state index is 0.182. The quantitative estimate of drug-likeness (QED) is 0.905. The van der Waals surface area contributed by atoms with Crippen LogP contribution >= 0.6 is 34.8 Å². The minimum atomic E-state index is 0.182. The van der Waals surface area contributed by atoms with Gasteiger partial charge in [0.05, 0.1) is 10.1 Å². The first-order valence-electron chi connectivity index (χ1n) is 4.24. The number of ether oxygens (including phenoxy) is 1. The molecule has 0 unspecified atom stereocenters. The van der Waals surface area contributed by atoms with Gasteiger partial charge in [-0.15, -0.1) is 0 Å².